The van der Waals surface area contributed by atoms with Gasteiger partial charge in [-0.2, -0.15) is 0 Å². The Balaban J connectivity index is 1.38. The third-order valence-electron chi connectivity index (χ3n) is 5.04. The molecule has 0 spiro atoms. The van der Waals surface area contributed by atoms with Crippen molar-refractivity contribution in [1.29, 1.82) is 0 Å². The van der Waals surface area contributed by atoms with Gasteiger partial charge in [-0.05, 0) is 24.3 Å². The Hall–Kier alpha value is -1.85. The first-order valence-electron chi connectivity index (χ1n) is 9.27. The van der Waals surface area contributed by atoms with Crippen LogP contribution in [0.2, 0.25) is 0 Å². The van der Waals surface area contributed by atoms with Crippen molar-refractivity contribution < 1.29 is 9.53 Å². The molecule has 2 N–H and O–H groups in total. The van der Waals surface area contributed by atoms with Crippen LogP contribution < -0.4 is 10.6 Å². The molecule has 1 fully saturated rings. The summed E-state index contributed by atoms with van der Waals surface area (Å²) < 4.78 is 5.30. The van der Waals surface area contributed by atoms with Gasteiger partial charge in [0.15, 0.2) is 0 Å². The zero-order chi connectivity index (χ0) is 17.5. The number of urea groups is 1. The quantitative estimate of drug-likeness (QED) is 0.781. The summed E-state index contributed by atoms with van der Waals surface area (Å²) in [4.78, 5) is 14.6. The maximum absolute atomic E-state index is 12.2. The fraction of sp³-hybridized carbons (Fsp3) is 0.550. The van der Waals surface area contributed by atoms with Crippen LogP contribution in [0.4, 0.5) is 4.79 Å². The van der Waals surface area contributed by atoms with Crippen molar-refractivity contribution in [2.75, 3.05) is 32.8 Å². The molecule has 0 aliphatic carbocycles. The zero-order valence-corrected chi connectivity index (χ0v) is 15.0. The van der Waals surface area contributed by atoms with Gasteiger partial charge in [-0.3, -0.25) is 4.90 Å². The van der Waals surface area contributed by atoms with E-state index in [1.54, 1.807) is 0 Å². The second kappa shape index (κ2) is 9.02. The first kappa shape index (κ1) is 18.0. The van der Waals surface area contributed by atoms with Crippen molar-refractivity contribution >= 4 is 6.03 Å². The standard InChI is InChI=1S/C20H29N3O2/c1-16-13-23(14-18-5-3-2-4-6-18)15-19(16)22-20(24)21-10-7-17-8-11-25-12-9-17/h2-6,8,16,19H,7,9-15H2,1H3,(H2,21,22,24)/t16-,19+/m0/s1. The van der Waals surface area contributed by atoms with E-state index in [4.69, 9.17) is 4.74 Å². The number of hydrogen-bond acceptors (Lipinski definition) is 3. The van der Waals surface area contributed by atoms with Crippen LogP contribution in [-0.2, 0) is 11.3 Å². The van der Waals surface area contributed by atoms with Gasteiger partial charge in [0.2, 0.25) is 0 Å². The number of likely N-dealkylation sites (tertiary alicyclic amines) is 1. The highest BCUT2D eigenvalue weighted by Gasteiger charge is 2.30. The van der Waals surface area contributed by atoms with Crippen LogP contribution in [0, 0.1) is 5.92 Å². The van der Waals surface area contributed by atoms with Crippen molar-refractivity contribution in [3.05, 3.63) is 47.5 Å². The Morgan fingerprint density at radius 2 is 2.12 bits per heavy atom. The van der Waals surface area contributed by atoms with E-state index in [1.807, 2.05) is 6.07 Å². The van der Waals surface area contributed by atoms with Gasteiger partial charge in [0, 0.05) is 32.2 Å². The van der Waals surface area contributed by atoms with E-state index in [0.717, 1.165) is 39.1 Å². The molecule has 1 aromatic carbocycles. The van der Waals surface area contributed by atoms with Gasteiger partial charge in [-0.1, -0.05) is 48.9 Å². The predicted octanol–water partition coefficient (Wildman–Crippen LogP) is 2.54. The van der Waals surface area contributed by atoms with E-state index in [-0.39, 0.29) is 12.1 Å². The highest BCUT2D eigenvalue weighted by molar-refractivity contribution is 5.74. The second-order valence-corrected chi connectivity index (χ2v) is 7.10. The number of ether oxygens (including phenoxy) is 1. The lowest BCUT2D eigenvalue weighted by Crippen LogP contribution is -2.45. The summed E-state index contributed by atoms with van der Waals surface area (Å²) in [7, 11) is 0. The largest absolute Gasteiger partial charge is 0.377 e. The summed E-state index contributed by atoms with van der Waals surface area (Å²) in [6, 6.07) is 10.7. The van der Waals surface area contributed by atoms with E-state index in [2.05, 4.69) is 52.8 Å². The molecule has 2 atom stereocenters. The molecular formula is C20H29N3O2. The summed E-state index contributed by atoms with van der Waals surface area (Å²) in [5.74, 6) is 0.465. The van der Waals surface area contributed by atoms with Crippen LogP contribution in [0.5, 0.6) is 0 Å². The Kier molecular flexibility index (Phi) is 6.48. The lowest BCUT2D eigenvalue weighted by Gasteiger charge is -2.18. The van der Waals surface area contributed by atoms with Crippen molar-refractivity contribution in [2.24, 2.45) is 5.92 Å². The van der Waals surface area contributed by atoms with Gasteiger partial charge in [0.25, 0.3) is 0 Å². The average Bonchev–Trinajstić information content (AvgIpc) is 2.96. The summed E-state index contributed by atoms with van der Waals surface area (Å²) >= 11 is 0. The van der Waals surface area contributed by atoms with Crippen LogP contribution in [0.3, 0.4) is 0 Å². The molecule has 2 amide bonds. The number of carbonyl (C=O) groups is 1. The van der Waals surface area contributed by atoms with Gasteiger partial charge in [0.05, 0.1) is 13.2 Å². The topological polar surface area (TPSA) is 53.6 Å². The van der Waals surface area contributed by atoms with Gasteiger partial charge in [0.1, 0.15) is 0 Å². The van der Waals surface area contributed by atoms with Crippen molar-refractivity contribution in [1.82, 2.24) is 15.5 Å². The molecule has 3 rings (SSSR count). The van der Waals surface area contributed by atoms with Crippen LogP contribution in [0.25, 0.3) is 0 Å². The van der Waals surface area contributed by atoms with Crippen LogP contribution in [0.1, 0.15) is 25.3 Å². The number of rotatable bonds is 6. The monoisotopic (exact) mass is 343 g/mol. The summed E-state index contributed by atoms with van der Waals surface area (Å²) in [6.45, 7) is 7.28. The van der Waals surface area contributed by atoms with E-state index < -0.39 is 0 Å². The smallest absolute Gasteiger partial charge is 0.315 e. The molecule has 2 aliphatic rings. The van der Waals surface area contributed by atoms with Crippen LogP contribution >= 0.6 is 0 Å². The average molecular weight is 343 g/mol. The van der Waals surface area contributed by atoms with Crippen molar-refractivity contribution in [3.8, 4) is 0 Å². The number of amides is 2. The first-order valence-corrected chi connectivity index (χ1v) is 9.27. The highest BCUT2D eigenvalue weighted by Crippen LogP contribution is 2.19. The molecule has 5 heteroatoms. The number of nitrogens with zero attached hydrogens (tertiary/aromatic N) is 1. The normalized spacial score (nSPS) is 24.0. The molecule has 0 unspecified atom stereocenters. The molecule has 136 valence electrons. The summed E-state index contributed by atoms with van der Waals surface area (Å²) in [5, 5.41) is 6.14. The zero-order valence-electron chi connectivity index (χ0n) is 15.0. The fourth-order valence-corrected chi connectivity index (χ4v) is 3.57. The summed E-state index contributed by atoms with van der Waals surface area (Å²) in [6.07, 6.45) is 4.03. The van der Waals surface area contributed by atoms with Crippen LogP contribution in [-0.4, -0.2) is 49.8 Å². The Bertz CT molecular complexity index is 588. The lowest BCUT2D eigenvalue weighted by molar-refractivity contribution is 0.153. The molecule has 5 nitrogen and oxygen atoms in total. The Morgan fingerprint density at radius 1 is 1.28 bits per heavy atom. The lowest BCUT2D eigenvalue weighted by atomic mass is 10.1. The third kappa shape index (κ3) is 5.58. The fourth-order valence-electron chi connectivity index (χ4n) is 3.57. The molecular weight excluding hydrogens is 314 g/mol. The Labute approximate surface area is 150 Å². The number of benzene rings is 1. The second-order valence-electron chi connectivity index (χ2n) is 7.10. The van der Waals surface area contributed by atoms with Gasteiger partial charge in [-0.25, -0.2) is 4.79 Å². The molecule has 0 aromatic heterocycles. The first-order chi connectivity index (χ1) is 12.2. The number of carbonyl (C=O) groups excluding carboxylic acids is 1. The van der Waals surface area contributed by atoms with E-state index >= 15 is 0 Å². The maximum atomic E-state index is 12.2. The SMILES string of the molecule is C[C@H]1CN(Cc2ccccc2)C[C@H]1NC(=O)NCCC1=CCOCC1. The maximum Gasteiger partial charge on any atom is 0.315 e. The van der Waals surface area contributed by atoms with Crippen LogP contribution in [0.15, 0.2) is 42.0 Å². The van der Waals surface area contributed by atoms with Crippen molar-refractivity contribution in [3.63, 3.8) is 0 Å². The molecule has 0 radical (unpaired) electrons. The van der Waals surface area contributed by atoms with E-state index in [1.165, 1.54) is 11.1 Å². The van der Waals surface area contributed by atoms with Gasteiger partial charge in [-0.15, -0.1) is 0 Å². The van der Waals surface area contributed by atoms with Crippen molar-refractivity contribution in [2.45, 2.75) is 32.4 Å². The van der Waals surface area contributed by atoms with E-state index in [9.17, 15) is 4.79 Å². The summed E-state index contributed by atoms with van der Waals surface area (Å²) in [5.41, 5.74) is 2.71. The third-order valence-corrected chi connectivity index (χ3v) is 5.04. The molecule has 25 heavy (non-hydrogen) atoms. The molecule has 1 aromatic rings. The molecule has 2 aliphatic heterocycles. The minimum Gasteiger partial charge on any atom is -0.377 e. The number of nitrogens with one attached hydrogen (secondary N) is 2. The minimum absolute atomic E-state index is 0.0499. The van der Waals surface area contributed by atoms with Gasteiger partial charge < -0.3 is 15.4 Å². The number of hydrogen-bond donors (Lipinski definition) is 2. The van der Waals surface area contributed by atoms with E-state index in [0.29, 0.717) is 19.1 Å². The molecule has 0 bridgehead atoms. The van der Waals surface area contributed by atoms with Gasteiger partial charge >= 0.3 is 6.03 Å². The minimum atomic E-state index is -0.0499. The Morgan fingerprint density at radius 3 is 2.88 bits per heavy atom. The molecule has 0 saturated carbocycles. The highest BCUT2D eigenvalue weighted by atomic mass is 16.5. The molecule has 1 saturated heterocycles. The predicted molar refractivity (Wildman–Crippen MR) is 99.3 cm³/mol. The molecule has 2 heterocycles.